The van der Waals surface area contributed by atoms with Gasteiger partial charge in [-0.3, -0.25) is 4.90 Å². The van der Waals surface area contributed by atoms with Crippen LogP contribution in [0, 0.1) is 11.8 Å². The van der Waals surface area contributed by atoms with Crippen LogP contribution in [0.5, 0.6) is 0 Å². The van der Waals surface area contributed by atoms with Crippen LogP contribution in [0.4, 0.5) is 0 Å². The lowest BCUT2D eigenvalue weighted by Gasteiger charge is -2.48. The van der Waals surface area contributed by atoms with Crippen molar-refractivity contribution in [3.05, 3.63) is 12.2 Å². The highest BCUT2D eigenvalue weighted by Gasteiger charge is 2.46. The predicted molar refractivity (Wildman–Crippen MR) is 78.8 cm³/mol. The smallest absolute Gasteiger partial charge is 0.0309 e. The maximum Gasteiger partial charge on any atom is 0.0309 e. The molecule has 0 aromatic heterocycles. The zero-order valence-electron chi connectivity index (χ0n) is 12.6. The van der Waals surface area contributed by atoms with Crippen molar-refractivity contribution >= 4 is 0 Å². The largest absolute Gasteiger partial charge is 0.308 e. The number of rotatable bonds is 5. The van der Waals surface area contributed by atoms with Crippen LogP contribution in [-0.4, -0.2) is 36.1 Å². The average molecular weight is 250 g/mol. The van der Waals surface area contributed by atoms with Crippen LogP contribution in [0.25, 0.3) is 0 Å². The fourth-order valence-electron chi connectivity index (χ4n) is 3.37. The van der Waals surface area contributed by atoms with Gasteiger partial charge < -0.3 is 5.32 Å². The van der Waals surface area contributed by atoms with Crippen LogP contribution in [0.2, 0.25) is 0 Å². The van der Waals surface area contributed by atoms with E-state index in [2.05, 4.69) is 50.1 Å². The highest BCUT2D eigenvalue weighted by atomic mass is 15.3. The lowest BCUT2D eigenvalue weighted by molar-refractivity contribution is 0.0539. The Labute approximate surface area is 113 Å². The third-order valence-corrected chi connectivity index (χ3v) is 4.78. The molecule has 1 aliphatic heterocycles. The third-order valence-electron chi connectivity index (χ3n) is 4.78. The molecule has 1 saturated heterocycles. The summed E-state index contributed by atoms with van der Waals surface area (Å²) in [5.74, 6) is 1.67. The van der Waals surface area contributed by atoms with E-state index in [0.717, 1.165) is 11.8 Å². The molecule has 1 saturated carbocycles. The molecule has 0 bridgehead atoms. The number of nitrogens with zero attached hydrogens (tertiary/aromatic N) is 1. The van der Waals surface area contributed by atoms with Gasteiger partial charge in [-0.2, -0.15) is 0 Å². The van der Waals surface area contributed by atoms with Gasteiger partial charge in [0.05, 0.1) is 0 Å². The molecule has 1 heterocycles. The first-order valence-corrected chi connectivity index (χ1v) is 7.67. The van der Waals surface area contributed by atoms with Gasteiger partial charge in [0.2, 0.25) is 0 Å². The number of nitrogens with one attached hydrogen (secondary N) is 1. The summed E-state index contributed by atoms with van der Waals surface area (Å²) in [6, 6.07) is 0.710. The monoisotopic (exact) mass is 250 g/mol. The van der Waals surface area contributed by atoms with Crippen molar-refractivity contribution in [3.8, 4) is 0 Å². The molecule has 104 valence electrons. The van der Waals surface area contributed by atoms with Crippen LogP contribution in [-0.2, 0) is 0 Å². The van der Waals surface area contributed by atoms with Gasteiger partial charge in [-0.25, -0.2) is 0 Å². The molecule has 2 atom stereocenters. The van der Waals surface area contributed by atoms with E-state index in [1.165, 1.54) is 38.9 Å². The molecule has 1 N–H and O–H groups in total. The topological polar surface area (TPSA) is 15.3 Å². The Bertz CT molecular complexity index is 293. The maximum absolute atomic E-state index is 3.85. The Morgan fingerprint density at radius 3 is 2.67 bits per heavy atom. The van der Waals surface area contributed by atoms with E-state index < -0.39 is 0 Å². The number of hydrogen-bond acceptors (Lipinski definition) is 2. The van der Waals surface area contributed by atoms with Crippen LogP contribution >= 0.6 is 0 Å². The maximum atomic E-state index is 3.85. The molecular weight excluding hydrogens is 220 g/mol. The molecule has 2 unspecified atom stereocenters. The van der Waals surface area contributed by atoms with Crippen LogP contribution in [0.3, 0.4) is 0 Å². The molecule has 0 radical (unpaired) electrons. The molecule has 18 heavy (non-hydrogen) atoms. The minimum absolute atomic E-state index is 0.376. The van der Waals surface area contributed by atoms with Gasteiger partial charge in [-0.1, -0.05) is 26.0 Å². The minimum Gasteiger partial charge on any atom is -0.308 e. The first-order chi connectivity index (χ1) is 8.57. The van der Waals surface area contributed by atoms with Gasteiger partial charge in [-0.05, 0) is 44.9 Å². The molecule has 2 heteroatoms. The van der Waals surface area contributed by atoms with Crippen LogP contribution in [0.1, 0.15) is 47.0 Å². The quantitative estimate of drug-likeness (QED) is 0.755. The molecule has 0 aromatic rings. The molecule has 0 spiro atoms. The summed E-state index contributed by atoms with van der Waals surface area (Å²) < 4.78 is 0. The lowest BCUT2D eigenvalue weighted by atomic mass is 9.88. The number of allylic oxidation sites excluding steroid dienone is 1. The molecular formula is C16H30N2. The van der Waals surface area contributed by atoms with E-state index in [1.54, 1.807) is 0 Å². The Balaban J connectivity index is 1.98. The summed E-state index contributed by atoms with van der Waals surface area (Å²) in [5, 5.41) is 3.85. The zero-order valence-corrected chi connectivity index (χ0v) is 12.6. The summed E-state index contributed by atoms with van der Waals surface area (Å²) in [7, 11) is 0. The van der Waals surface area contributed by atoms with Crippen LogP contribution < -0.4 is 5.32 Å². The highest BCUT2D eigenvalue weighted by Crippen LogP contribution is 2.41. The van der Waals surface area contributed by atoms with Crippen molar-refractivity contribution in [3.63, 3.8) is 0 Å². The summed E-state index contributed by atoms with van der Waals surface area (Å²) >= 11 is 0. The van der Waals surface area contributed by atoms with Gasteiger partial charge in [0.1, 0.15) is 0 Å². The average Bonchev–Trinajstić information content (AvgIpc) is 3.13. The molecule has 1 aliphatic carbocycles. The molecule has 0 aromatic carbocycles. The lowest BCUT2D eigenvalue weighted by Crippen LogP contribution is -2.65. The second-order valence-corrected chi connectivity index (χ2v) is 6.71. The second-order valence-electron chi connectivity index (χ2n) is 6.71. The number of hydrogen-bond donors (Lipinski definition) is 1. The zero-order chi connectivity index (χ0) is 13.2. The van der Waals surface area contributed by atoms with E-state index in [1.807, 2.05) is 0 Å². The Morgan fingerprint density at radius 2 is 2.11 bits per heavy atom. The van der Waals surface area contributed by atoms with E-state index in [-0.39, 0.29) is 0 Å². The fourth-order valence-corrected chi connectivity index (χ4v) is 3.37. The molecule has 2 fully saturated rings. The first-order valence-electron chi connectivity index (χ1n) is 7.67. The summed E-state index contributed by atoms with van der Waals surface area (Å²) in [6.07, 6.45) is 8.53. The van der Waals surface area contributed by atoms with E-state index in [9.17, 15) is 0 Å². The molecule has 2 rings (SSSR count). The van der Waals surface area contributed by atoms with Crippen molar-refractivity contribution in [2.45, 2.75) is 58.5 Å². The molecule has 2 aliphatic rings. The second kappa shape index (κ2) is 5.75. The molecule has 0 amide bonds. The minimum atomic E-state index is 0.376. The summed E-state index contributed by atoms with van der Waals surface area (Å²) in [4.78, 5) is 2.74. The Morgan fingerprint density at radius 1 is 1.39 bits per heavy atom. The van der Waals surface area contributed by atoms with Gasteiger partial charge in [0.15, 0.2) is 0 Å². The number of piperazine rings is 1. The summed E-state index contributed by atoms with van der Waals surface area (Å²) in [6.45, 7) is 12.9. The standard InChI is InChI=1S/C16H30N2/c1-5-6-7-10-18-12-16(4,14-8-9-14)17-11-15(18)13(2)3/h5-6,13-15,17H,7-12H2,1-4H3/b6-5+. The van der Waals surface area contributed by atoms with E-state index in [4.69, 9.17) is 0 Å². The van der Waals surface area contributed by atoms with Crippen molar-refractivity contribution in [1.29, 1.82) is 0 Å². The Kier molecular flexibility index (Phi) is 4.50. The highest BCUT2D eigenvalue weighted by molar-refractivity contribution is 5.04. The van der Waals surface area contributed by atoms with Crippen molar-refractivity contribution in [1.82, 2.24) is 10.2 Å². The van der Waals surface area contributed by atoms with E-state index in [0.29, 0.717) is 11.6 Å². The van der Waals surface area contributed by atoms with Crippen LogP contribution in [0.15, 0.2) is 12.2 Å². The third kappa shape index (κ3) is 3.16. The first kappa shape index (κ1) is 14.1. The van der Waals surface area contributed by atoms with Gasteiger partial charge in [0.25, 0.3) is 0 Å². The van der Waals surface area contributed by atoms with Gasteiger partial charge in [0, 0.05) is 31.2 Å². The normalized spacial score (nSPS) is 34.6. The van der Waals surface area contributed by atoms with Crippen molar-refractivity contribution in [2.24, 2.45) is 11.8 Å². The summed E-state index contributed by atoms with van der Waals surface area (Å²) in [5.41, 5.74) is 0.376. The Hall–Kier alpha value is -0.340. The molecule has 2 nitrogen and oxygen atoms in total. The predicted octanol–water partition coefficient (Wildman–Crippen LogP) is 3.05. The van der Waals surface area contributed by atoms with E-state index >= 15 is 0 Å². The van der Waals surface area contributed by atoms with Gasteiger partial charge in [-0.15, -0.1) is 0 Å². The SMILES string of the molecule is C/C=C/CCN1CC(C)(C2CC2)NCC1C(C)C. The van der Waals surface area contributed by atoms with Crippen molar-refractivity contribution in [2.75, 3.05) is 19.6 Å². The van der Waals surface area contributed by atoms with Crippen molar-refractivity contribution < 1.29 is 0 Å². The fraction of sp³-hybridized carbons (Fsp3) is 0.875. The van der Waals surface area contributed by atoms with Gasteiger partial charge >= 0.3 is 0 Å².